The molecule has 0 spiro atoms. The Balaban J connectivity index is 1.68. The van der Waals surface area contributed by atoms with Gasteiger partial charge < -0.3 is 5.32 Å². The largest absolute Gasteiger partial charge is 0.324 e. The summed E-state index contributed by atoms with van der Waals surface area (Å²) in [6.07, 6.45) is 7.69. The topological polar surface area (TPSA) is 68.0 Å². The minimum atomic E-state index is -0.353. The van der Waals surface area contributed by atoms with Crippen LogP contribution in [0.1, 0.15) is 27.7 Å². The minimum Gasteiger partial charge on any atom is -0.324 e. The van der Waals surface area contributed by atoms with Crippen molar-refractivity contribution in [1.29, 1.82) is 0 Å². The van der Waals surface area contributed by atoms with Crippen LogP contribution in [0.4, 0.5) is 16.0 Å². The maximum absolute atomic E-state index is 13.7. The summed E-state index contributed by atoms with van der Waals surface area (Å²) in [6.45, 7) is 8.40. The van der Waals surface area contributed by atoms with Crippen molar-refractivity contribution in [2.24, 2.45) is 10.4 Å². The first-order valence-corrected chi connectivity index (χ1v) is 11.5. The molecule has 0 unspecified atom stereocenters. The Hall–Kier alpha value is -4.13. The van der Waals surface area contributed by atoms with E-state index in [-0.39, 0.29) is 16.8 Å². The first kappa shape index (κ1) is 22.7. The summed E-state index contributed by atoms with van der Waals surface area (Å²) < 4.78 is 15.8. The van der Waals surface area contributed by atoms with E-state index in [2.05, 4.69) is 48.6 Å². The average molecular weight is 467 g/mol. The molecule has 7 heteroatoms. The maximum atomic E-state index is 13.7. The molecule has 1 aliphatic heterocycles. The highest BCUT2D eigenvalue weighted by Gasteiger charge is 2.33. The highest BCUT2D eigenvalue weighted by atomic mass is 19.1. The summed E-state index contributed by atoms with van der Waals surface area (Å²) in [6, 6.07) is 18.0. The van der Waals surface area contributed by atoms with Crippen molar-refractivity contribution in [3.8, 4) is 22.6 Å². The molecule has 5 rings (SSSR count). The summed E-state index contributed by atoms with van der Waals surface area (Å²) in [5.41, 5.74) is 4.28. The average Bonchev–Trinajstić information content (AvgIpc) is 3.27. The Morgan fingerprint density at radius 2 is 1.63 bits per heavy atom. The van der Waals surface area contributed by atoms with E-state index in [4.69, 9.17) is 15.0 Å². The number of hydrogen-bond acceptors (Lipinski definition) is 5. The molecule has 0 aliphatic carbocycles. The van der Waals surface area contributed by atoms with Crippen molar-refractivity contribution < 1.29 is 4.39 Å². The number of allylic oxidation sites excluding steroid dienone is 1. The van der Waals surface area contributed by atoms with E-state index in [1.807, 2.05) is 48.9 Å². The van der Waals surface area contributed by atoms with Gasteiger partial charge in [0.1, 0.15) is 12.1 Å². The Kier molecular flexibility index (Phi) is 5.55. The lowest BCUT2D eigenvalue weighted by molar-refractivity contribution is 0.581. The number of hydrogen-bond donors (Lipinski definition) is 1. The molecular weight excluding hydrogens is 439 g/mol. The fourth-order valence-electron chi connectivity index (χ4n) is 4.13. The Morgan fingerprint density at radius 3 is 2.37 bits per heavy atom. The molecular formula is C28H27FN6. The number of benzene rings is 2. The number of rotatable bonds is 5. The van der Waals surface area contributed by atoms with Crippen molar-refractivity contribution in [3.63, 3.8) is 0 Å². The highest BCUT2D eigenvalue weighted by molar-refractivity contribution is 5.87. The van der Waals surface area contributed by atoms with Gasteiger partial charge in [0.05, 0.1) is 22.6 Å². The van der Waals surface area contributed by atoms with E-state index in [9.17, 15) is 4.39 Å². The number of dihydropyridines is 1. The summed E-state index contributed by atoms with van der Waals surface area (Å²) in [7, 11) is 0. The first-order valence-electron chi connectivity index (χ1n) is 11.5. The first-order chi connectivity index (χ1) is 16.7. The van der Waals surface area contributed by atoms with Gasteiger partial charge in [-0.25, -0.2) is 19.3 Å². The highest BCUT2D eigenvalue weighted by Crippen LogP contribution is 2.40. The lowest BCUT2D eigenvalue weighted by Crippen LogP contribution is -2.30. The van der Waals surface area contributed by atoms with E-state index in [1.54, 1.807) is 18.3 Å². The number of aliphatic imine (C=N–C) groups is 1. The second-order valence-electron chi connectivity index (χ2n) is 9.74. The lowest BCUT2D eigenvalue weighted by atomic mass is 9.84. The molecule has 0 saturated carbocycles. The normalized spacial score (nSPS) is 16.1. The second kappa shape index (κ2) is 8.58. The quantitative estimate of drug-likeness (QED) is 0.359. The molecule has 0 bridgehead atoms. The van der Waals surface area contributed by atoms with Gasteiger partial charge in [-0.15, -0.1) is 0 Å². The van der Waals surface area contributed by atoms with Crippen LogP contribution in [0.15, 0.2) is 84.3 Å². The molecule has 0 radical (unpaired) electrons. The van der Waals surface area contributed by atoms with Crippen LogP contribution >= 0.6 is 0 Å². The Morgan fingerprint density at radius 1 is 0.886 bits per heavy atom. The van der Waals surface area contributed by atoms with Crippen LogP contribution in [0.5, 0.6) is 0 Å². The van der Waals surface area contributed by atoms with Crippen LogP contribution in [0, 0.1) is 11.2 Å². The number of imidazole rings is 1. The zero-order valence-electron chi connectivity index (χ0n) is 20.2. The van der Waals surface area contributed by atoms with Gasteiger partial charge in [-0.1, -0.05) is 18.2 Å². The van der Waals surface area contributed by atoms with E-state index in [0.717, 1.165) is 22.6 Å². The number of halogens is 1. The fraction of sp³-hybridized carbons (Fsp3) is 0.214. The van der Waals surface area contributed by atoms with Crippen LogP contribution in [-0.2, 0) is 0 Å². The van der Waals surface area contributed by atoms with Crippen molar-refractivity contribution in [2.75, 3.05) is 5.32 Å². The van der Waals surface area contributed by atoms with Gasteiger partial charge in [-0.2, -0.15) is 0 Å². The van der Waals surface area contributed by atoms with E-state index in [0.29, 0.717) is 17.3 Å². The maximum Gasteiger partial charge on any atom is 0.227 e. The summed E-state index contributed by atoms with van der Waals surface area (Å²) in [4.78, 5) is 18.7. The van der Waals surface area contributed by atoms with Crippen molar-refractivity contribution in [3.05, 3.63) is 85.1 Å². The van der Waals surface area contributed by atoms with Crippen molar-refractivity contribution in [2.45, 2.75) is 33.2 Å². The standard InChI is InChI=1S/C28H27FN6/c1-27(2)17-32-28(3,4)16-23(27)35-18-31-24(19-10-12-20(29)13-11-19)25(35)22-14-15-30-26(34-22)33-21-8-6-5-7-9-21/h5-18H,1-4H3,(H,30,33,34). The molecule has 35 heavy (non-hydrogen) atoms. The zero-order valence-corrected chi connectivity index (χ0v) is 20.2. The molecule has 2 aromatic heterocycles. The van der Waals surface area contributed by atoms with Gasteiger partial charge in [0, 0.05) is 34.8 Å². The summed E-state index contributed by atoms with van der Waals surface area (Å²) in [5.74, 6) is 0.186. The number of nitrogens with zero attached hydrogens (tertiary/aromatic N) is 5. The van der Waals surface area contributed by atoms with Gasteiger partial charge in [-0.3, -0.25) is 9.56 Å². The molecule has 4 aromatic rings. The SMILES string of the molecule is CC1(C)C=C(n2cnc(-c3ccc(F)cc3)c2-c2ccnc(Nc3ccccc3)n2)C(C)(C)C=N1. The third kappa shape index (κ3) is 4.62. The summed E-state index contributed by atoms with van der Waals surface area (Å²) >= 11 is 0. The molecule has 2 aromatic carbocycles. The predicted molar refractivity (Wildman–Crippen MR) is 139 cm³/mol. The van der Waals surface area contributed by atoms with Crippen LogP contribution in [0.3, 0.4) is 0 Å². The van der Waals surface area contributed by atoms with Crippen LogP contribution < -0.4 is 5.32 Å². The molecule has 0 saturated heterocycles. The summed E-state index contributed by atoms with van der Waals surface area (Å²) in [5, 5.41) is 3.26. The van der Waals surface area contributed by atoms with Crippen LogP contribution in [-0.4, -0.2) is 31.3 Å². The van der Waals surface area contributed by atoms with Crippen LogP contribution in [0.25, 0.3) is 28.3 Å². The third-order valence-corrected chi connectivity index (χ3v) is 5.94. The predicted octanol–water partition coefficient (Wildman–Crippen LogP) is 6.62. The fourth-order valence-corrected chi connectivity index (χ4v) is 4.13. The molecule has 3 heterocycles. The Bertz CT molecular complexity index is 1420. The third-order valence-electron chi connectivity index (χ3n) is 5.94. The number of aromatic nitrogens is 4. The van der Waals surface area contributed by atoms with Gasteiger partial charge in [0.25, 0.3) is 0 Å². The molecule has 1 N–H and O–H groups in total. The van der Waals surface area contributed by atoms with E-state index in [1.165, 1.54) is 12.1 Å². The zero-order chi connectivity index (χ0) is 24.6. The van der Waals surface area contributed by atoms with Gasteiger partial charge >= 0.3 is 0 Å². The minimum absolute atomic E-state index is 0.291. The smallest absolute Gasteiger partial charge is 0.227 e. The molecule has 1 aliphatic rings. The number of anilines is 2. The van der Waals surface area contributed by atoms with Gasteiger partial charge in [-0.05, 0) is 76.2 Å². The second-order valence-corrected chi connectivity index (χ2v) is 9.74. The lowest BCUT2D eigenvalue weighted by Gasteiger charge is -2.33. The Labute approximate surface area is 204 Å². The monoisotopic (exact) mass is 466 g/mol. The molecule has 176 valence electrons. The molecule has 0 atom stereocenters. The molecule has 0 amide bonds. The van der Waals surface area contributed by atoms with Crippen molar-refractivity contribution in [1.82, 2.24) is 19.5 Å². The molecule has 6 nitrogen and oxygen atoms in total. The van der Waals surface area contributed by atoms with Gasteiger partial charge in [0.15, 0.2) is 0 Å². The number of nitrogens with one attached hydrogen (secondary N) is 1. The van der Waals surface area contributed by atoms with Gasteiger partial charge in [0.2, 0.25) is 5.95 Å². The van der Waals surface area contributed by atoms with E-state index < -0.39 is 0 Å². The van der Waals surface area contributed by atoms with Crippen LogP contribution in [0.2, 0.25) is 0 Å². The molecule has 0 fully saturated rings. The van der Waals surface area contributed by atoms with Crippen molar-refractivity contribution >= 4 is 23.5 Å². The van der Waals surface area contributed by atoms with E-state index >= 15 is 0 Å². The number of para-hydroxylation sites is 1.